The standard InChI is InChI=1S/C22H26N2O3S/c1-18-10-12-21(13-11-18)28(25,26)27-16-14-20-9-5-6-15-24(20)22(17-23)19-7-3-2-4-8-19/h2-4,7-8,10-13,20,22H,5-6,9,14-16H2,1H3. The number of aryl methyl sites for hydroxylation is 1. The maximum atomic E-state index is 12.4. The van der Waals surface area contributed by atoms with Gasteiger partial charge in [-0.05, 0) is 43.9 Å². The quantitative estimate of drug-likeness (QED) is 0.654. The minimum Gasteiger partial charge on any atom is -0.281 e. The van der Waals surface area contributed by atoms with Crippen molar-refractivity contribution in [1.29, 1.82) is 5.26 Å². The monoisotopic (exact) mass is 398 g/mol. The minimum atomic E-state index is -3.76. The smallest absolute Gasteiger partial charge is 0.281 e. The van der Waals surface area contributed by atoms with E-state index in [4.69, 9.17) is 4.18 Å². The molecule has 6 heteroatoms. The Morgan fingerprint density at radius 2 is 1.86 bits per heavy atom. The summed E-state index contributed by atoms with van der Waals surface area (Å²) in [5, 5.41) is 9.76. The SMILES string of the molecule is Cc1ccc(S(=O)(=O)OCCC2CCCCN2C(C#N)c2ccccc2)cc1. The van der Waals surface area contributed by atoms with Crippen LogP contribution in [0.3, 0.4) is 0 Å². The van der Waals surface area contributed by atoms with Crippen molar-refractivity contribution >= 4 is 10.1 Å². The lowest BCUT2D eigenvalue weighted by molar-refractivity contribution is 0.101. The zero-order valence-corrected chi connectivity index (χ0v) is 16.9. The molecule has 0 radical (unpaired) electrons. The molecule has 0 aliphatic carbocycles. The van der Waals surface area contributed by atoms with Crippen molar-refractivity contribution in [3.05, 3.63) is 65.7 Å². The molecule has 1 heterocycles. The van der Waals surface area contributed by atoms with E-state index in [1.807, 2.05) is 37.3 Å². The molecule has 0 spiro atoms. The lowest BCUT2D eigenvalue weighted by Crippen LogP contribution is -2.42. The number of benzene rings is 2. The van der Waals surface area contributed by atoms with Gasteiger partial charge in [0.15, 0.2) is 0 Å². The first-order valence-electron chi connectivity index (χ1n) is 9.67. The predicted octanol–water partition coefficient (Wildman–Crippen LogP) is 4.21. The largest absolute Gasteiger partial charge is 0.296 e. The number of piperidine rings is 1. The Balaban J connectivity index is 1.65. The molecule has 2 unspecified atom stereocenters. The number of likely N-dealkylation sites (tertiary alicyclic amines) is 1. The van der Waals surface area contributed by atoms with Crippen LogP contribution in [0.1, 0.15) is 42.9 Å². The maximum Gasteiger partial charge on any atom is 0.296 e. The Hall–Kier alpha value is -2.20. The van der Waals surface area contributed by atoms with Gasteiger partial charge >= 0.3 is 0 Å². The van der Waals surface area contributed by atoms with E-state index in [1.54, 1.807) is 24.3 Å². The van der Waals surface area contributed by atoms with E-state index in [0.717, 1.165) is 36.9 Å². The van der Waals surface area contributed by atoms with Crippen LogP contribution >= 0.6 is 0 Å². The van der Waals surface area contributed by atoms with Gasteiger partial charge in [-0.1, -0.05) is 54.4 Å². The average Bonchev–Trinajstić information content (AvgIpc) is 2.71. The lowest BCUT2D eigenvalue weighted by atomic mass is 9.95. The second-order valence-corrected chi connectivity index (χ2v) is 8.82. The first kappa shape index (κ1) is 20.5. The third kappa shape index (κ3) is 4.99. The zero-order valence-electron chi connectivity index (χ0n) is 16.1. The topological polar surface area (TPSA) is 70.4 Å². The number of nitriles is 1. The van der Waals surface area contributed by atoms with Crippen LogP contribution in [-0.4, -0.2) is 32.5 Å². The van der Waals surface area contributed by atoms with E-state index >= 15 is 0 Å². The van der Waals surface area contributed by atoms with Crippen molar-refractivity contribution in [2.75, 3.05) is 13.2 Å². The van der Waals surface area contributed by atoms with Gasteiger partial charge in [-0.25, -0.2) is 0 Å². The molecule has 28 heavy (non-hydrogen) atoms. The van der Waals surface area contributed by atoms with Crippen LogP contribution in [0, 0.1) is 18.3 Å². The summed E-state index contributed by atoms with van der Waals surface area (Å²) in [6.07, 6.45) is 3.65. The van der Waals surface area contributed by atoms with Gasteiger partial charge in [0.05, 0.1) is 17.6 Å². The van der Waals surface area contributed by atoms with Crippen LogP contribution in [-0.2, 0) is 14.3 Å². The van der Waals surface area contributed by atoms with E-state index in [2.05, 4.69) is 11.0 Å². The van der Waals surface area contributed by atoms with Crippen molar-refractivity contribution in [2.24, 2.45) is 0 Å². The third-order valence-corrected chi connectivity index (χ3v) is 6.57. The van der Waals surface area contributed by atoms with Crippen LogP contribution in [0.5, 0.6) is 0 Å². The van der Waals surface area contributed by atoms with Crippen LogP contribution in [0.4, 0.5) is 0 Å². The summed E-state index contributed by atoms with van der Waals surface area (Å²) >= 11 is 0. The van der Waals surface area contributed by atoms with Gasteiger partial charge in [0, 0.05) is 12.6 Å². The number of rotatable bonds is 7. The molecule has 1 aliphatic rings. The van der Waals surface area contributed by atoms with Gasteiger partial charge in [-0.3, -0.25) is 9.08 Å². The molecule has 0 saturated carbocycles. The van der Waals surface area contributed by atoms with Crippen molar-refractivity contribution in [3.8, 4) is 6.07 Å². The molecule has 3 rings (SSSR count). The van der Waals surface area contributed by atoms with Gasteiger partial charge in [-0.15, -0.1) is 0 Å². The van der Waals surface area contributed by atoms with Crippen molar-refractivity contribution < 1.29 is 12.6 Å². The molecule has 0 N–H and O–H groups in total. The molecule has 0 aromatic heterocycles. The molecule has 1 fully saturated rings. The van der Waals surface area contributed by atoms with E-state index < -0.39 is 10.1 Å². The van der Waals surface area contributed by atoms with Crippen LogP contribution in [0.2, 0.25) is 0 Å². The Morgan fingerprint density at radius 1 is 1.14 bits per heavy atom. The molecule has 2 atom stereocenters. The fourth-order valence-corrected chi connectivity index (χ4v) is 4.64. The highest BCUT2D eigenvalue weighted by atomic mass is 32.2. The summed E-state index contributed by atoms with van der Waals surface area (Å²) in [6.45, 7) is 2.86. The molecule has 0 amide bonds. The third-order valence-electron chi connectivity index (χ3n) is 5.24. The molecule has 2 aromatic carbocycles. The van der Waals surface area contributed by atoms with Gasteiger partial charge in [-0.2, -0.15) is 13.7 Å². The average molecular weight is 399 g/mol. The number of hydrogen-bond donors (Lipinski definition) is 0. The summed E-state index contributed by atoms with van der Waals surface area (Å²) in [4.78, 5) is 2.37. The molecule has 1 saturated heterocycles. The highest BCUT2D eigenvalue weighted by Gasteiger charge is 2.30. The normalized spacial score (nSPS) is 19.1. The molecule has 0 bridgehead atoms. The Morgan fingerprint density at radius 3 is 2.54 bits per heavy atom. The van der Waals surface area contributed by atoms with Crippen molar-refractivity contribution in [2.45, 2.75) is 49.6 Å². The Labute approximate surface area is 167 Å². The van der Waals surface area contributed by atoms with E-state index in [-0.39, 0.29) is 23.6 Å². The minimum absolute atomic E-state index is 0.115. The Bertz CT molecular complexity index is 905. The molecule has 1 aliphatic heterocycles. The van der Waals surface area contributed by atoms with Gasteiger partial charge in [0.25, 0.3) is 10.1 Å². The Kier molecular flexibility index (Phi) is 6.84. The molecule has 5 nitrogen and oxygen atoms in total. The number of nitrogens with zero attached hydrogens (tertiary/aromatic N) is 2. The summed E-state index contributed by atoms with van der Waals surface area (Å²) < 4.78 is 30.1. The molecule has 148 valence electrons. The fraction of sp³-hybridized carbons (Fsp3) is 0.409. The van der Waals surface area contributed by atoms with Crippen LogP contribution in [0.15, 0.2) is 59.5 Å². The van der Waals surface area contributed by atoms with E-state index in [1.165, 1.54) is 0 Å². The summed E-state index contributed by atoms with van der Waals surface area (Å²) in [7, 11) is -3.76. The first-order valence-corrected chi connectivity index (χ1v) is 11.1. The van der Waals surface area contributed by atoms with Gasteiger partial charge in [0.1, 0.15) is 6.04 Å². The van der Waals surface area contributed by atoms with E-state index in [9.17, 15) is 13.7 Å². The highest BCUT2D eigenvalue weighted by Crippen LogP contribution is 2.30. The maximum absolute atomic E-state index is 12.4. The molecular weight excluding hydrogens is 372 g/mol. The van der Waals surface area contributed by atoms with E-state index in [0.29, 0.717) is 6.42 Å². The van der Waals surface area contributed by atoms with Crippen molar-refractivity contribution in [1.82, 2.24) is 4.90 Å². The van der Waals surface area contributed by atoms with Gasteiger partial charge < -0.3 is 0 Å². The predicted molar refractivity (Wildman–Crippen MR) is 108 cm³/mol. The number of hydrogen-bond acceptors (Lipinski definition) is 5. The van der Waals surface area contributed by atoms with Gasteiger partial charge in [0.2, 0.25) is 0 Å². The summed E-state index contributed by atoms with van der Waals surface area (Å²) in [5.74, 6) is 0. The zero-order chi connectivity index (χ0) is 20.0. The second kappa shape index (κ2) is 9.33. The first-order chi connectivity index (χ1) is 13.5. The van der Waals surface area contributed by atoms with Crippen LogP contribution < -0.4 is 0 Å². The molecule has 2 aromatic rings. The van der Waals surface area contributed by atoms with Crippen molar-refractivity contribution in [3.63, 3.8) is 0 Å². The highest BCUT2D eigenvalue weighted by molar-refractivity contribution is 7.86. The lowest BCUT2D eigenvalue weighted by Gasteiger charge is -2.38. The molecular formula is C22H26N2O3S. The summed E-state index contributed by atoms with van der Waals surface area (Å²) in [5.41, 5.74) is 1.98. The van der Waals surface area contributed by atoms with Crippen LogP contribution in [0.25, 0.3) is 0 Å². The summed E-state index contributed by atoms with van der Waals surface area (Å²) in [6, 6.07) is 18.7. The fourth-order valence-electron chi connectivity index (χ4n) is 3.72. The second-order valence-electron chi connectivity index (χ2n) is 7.21.